The molecule has 0 heterocycles. The number of nitrogens with zero attached hydrogens (tertiary/aromatic N) is 1. The first kappa shape index (κ1) is 16.4. The summed E-state index contributed by atoms with van der Waals surface area (Å²) in [4.78, 5) is 14.0. The van der Waals surface area contributed by atoms with Crippen LogP contribution in [0.2, 0.25) is 0 Å². The quantitative estimate of drug-likeness (QED) is 0.376. The number of hydrogen-bond acceptors (Lipinski definition) is 4. The SMILES string of the molecule is CCC(C)N(CCOC)C(C(=O)NN)C(C)C. The summed E-state index contributed by atoms with van der Waals surface area (Å²) in [6.45, 7) is 9.65. The molecule has 0 aliphatic carbocycles. The first-order valence-corrected chi connectivity index (χ1v) is 6.24. The molecular weight excluding hydrogens is 218 g/mol. The smallest absolute Gasteiger partial charge is 0.251 e. The van der Waals surface area contributed by atoms with Crippen LogP contribution < -0.4 is 11.3 Å². The van der Waals surface area contributed by atoms with Crippen molar-refractivity contribution in [2.24, 2.45) is 11.8 Å². The topological polar surface area (TPSA) is 67.6 Å². The number of amides is 1. The lowest BCUT2D eigenvalue weighted by molar-refractivity contribution is -0.129. The van der Waals surface area contributed by atoms with E-state index in [2.05, 4.69) is 24.2 Å². The lowest BCUT2D eigenvalue weighted by Crippen LogP contribution is -2.55. The van der Waals surface area contributed by atoms with Gasteiger partial charge in [-0.1, -0.05) is 20.8 Å². The molecule has 5 nitrogen and oxygen atoms in total. The monoisotopic (exact) mass is 245 g/mol. The first-order chi connectivity index (χ1) is 7.99. The van der Waals surface area contributed by atoms with Crippen molar-refractivity contribution >= 4 is 5.91 Å². The summed E-state index contributed by atoms with van der Waals surface area (Å²) < 4.78 is 5.11. The zero-order valence-corrected chi connectivity index (χ0v) is 11.7. The van der Waals surface area contributed by atoms with Crippen molar-refractivity contribution < 1.29 is 9.53 Å². The lowest BCUT2D eigenvalue weighted by atomic mass is 9.99. The third kappa shape index (κ3) is 5.02. The van der Waals surface area contributed by atoms with Gasteiger partial charge in [-0.2, -0.15) is 0 Å². The Morgan fingerprint density at radius 1 is 1.41 bits per heavy atom. The molecule has 0 aliphatic heterocycles. The standard InChI is InChI=1S/C12H27N3O2/c1-6-10(4)15(7-8-17-5)11(9(2)3)12(16)14-13/h9-11H,6-8,13H2,1-5H3,(H,14,16). The van der Waals surface area contributed by atoms with Crippen molar-refractivity contribution in [1.29, 1.82) is 0 Å². The van der Waals surface area contributed by atoms with Gasteiger partial charge in [0.1, 0.15) is 0 Å². The van der Waals surface area contributed by atoms with E-state index >= 15 is 0 Å². The van der Waals surface area contributed by atoms with Crippen molar-refractivity contribution in [1.82, 2.24) is 10.3 Å². The molecule has 2 unspecified atom stereocenters. The number of rotatable bonds is 8. The summed E-state index contributed by atoms with van der Waals surface area (Å²) in [5.41, 5.74) is 2.26. The van der Waals surface area contributed by atoms with E-state index in [0.717, 1.165) is 13.0 Å². The van der Waals surface area contributed by atoms with E-state index in [0.29, 0.717) is 12.6 Å². The molecule has 0 radical (unpaired) electrons. The van der Waals surface area contributed by atoms with Gasteiger partial charge in [-0.05, 0) is 19.3 Å². The molecule has 0 aromatic rings. The van der Waals surface area contributed by atoms with Gasteiger partial charge < -0.3 is 4.74 Å². The van der Waals surface area contributed by atoms with Gasteiger partial charge in [0.2, 0.25) is 0 Å². The third-order valence-electron chi connectivity index (χ3n) is 3.11. The maximum atomic E-state index is 11.9. The van der Waals surface area contributed by atoms with Crippen molar-refractivity contribution in [2.45, 2.75) is 46.2 Å². The maximum absolute atomic E-state index is 11.9. The minimum absolute atomic E-state index is 0.128. The van der Waals surface area contributed by atoms with Crippen LogP contribution in [-0.2, 0) is 9.53 Å². The molecule has 0 spiro atoms. The maximum Gasteiger partial charge on any atom is 0.251 e. The fraction of sp³-hybridized carbons (Fsp3) is 0.917. The van der Waals surface area contributed by atoms with Crippen LogP contribution in [0.25, 0.3) is 0 Å². The van der Waals surface area contributed by atoms with E-state index in [9.17, 15) is 4.79 Å². The Morgan fingerprint density at radius 3 is 2.35 bits per heavy atom. The highest BCUT2D eigenvalue weighted by molar-refractivity contribution is 5.81. The highest BCUT2D eigenvalue weighted by Crippen LogP contribution is 2.16. The number of nitrogens with one attached hydrogen (secondary N) is 1. The van der Waals surface area contributed by atoms with Gasteiger partial charge in [0.15, 0.2) is 0 Å². The van der Waals surface area contributed by atoms with Gasteiger partial charge in [-0.15, -0.1) is 0 Å². The molecule has 102 valence electrons. The van der Waals surface area contributed by atoms with Crippen LogP contribution in [0.15, 0.2) is 0 Å². The average Bonchev–Trinajstić information content (AvgIpc) is 2.32. The summed E-state index contributed by atoms with van der Waals surface area (Å²) >= 11 is 0. The number of carbonyl (C=O) groups is 1. The van der Waals surface area contributed by atoms with E-state index in [1.54, 1.807) is 7.11 Å². The average molecular weight is 245 g/mol. The van der Waals surface area contributed by atoms with E-state index in [1.807, 2.05) is 13.8 Å². The first-order valence-electron chi connectivity index (χ1n) is 6.24. The van der Waals surface area contributed by atoms with Crippen LogP contribution in [0.4, 0.5) is 0 Å². The minimum Gasteiger partial charge on any atom is -0.383 e. The molecular formula is C12H27N3O2. The fourth-order valence-corrected chi connectivity index (χ4v) is 1.99. The van der Waals surface area contributed by atoms with Crippen molar-refractivity contribution in [3.8, 4) is 0 Å². The fourth-order valence-electron chi connectivity index (χ4n) is 1.99. The largest absolute Gasteiger partial charge is 0.383 e. The summed E-state index contributed by atoms with van der Waals surface area (Å²) in [5.74, 6) is 5.35. The van der Waals surface area contributed by atoms with Crippen LogP contribution in [0.3, 0.4) is 0 Å². The van der Waals surface area contributed by atoms with Crippen LogP contribution in [0, 0.1) is 5.92 Å². The van der Waals surface area contributed by atoms with Gasteiger partial charge in [-0.25, -0.2) is 5.84 Å². The zero-order valence-electron chi connectivity index (χ0n) is 11.7. The van der Waals surface area contributed by atoms with Gasteiger partial charge in [0, 0.05) is 19.7 Å². The molecule has 0 aromatic carbocycles. The summed E-state index contributed by atoms with van der Waals surface area (Å²) in [6.07, 6.45) is 0.991. The second kappa shape index (κ2) is 8.44. The van der Waals surface area contributed by atoms with E-state index < -0.39 is 0 Å². The minimum atomic E-state index is -0.204. The van der Waals surface area contributed by atoms with Crippen LogP contribution in [-0.4, -0.2) is 43.2 Å². The number of nitrogens with two attached hydrogens (primary N) is 1. The normalized spacial score (nSPS) is 15.1. The Bertz CT molecular complexity index is 222. The van der Waals surface area contributed by atoms with Gasteiger partial charge in [0.25, 0.3) is 5.91 Å². The molecule has 2 atom stereocenters. The van der Waals surface area contributed by atoms with Crippen molar-refractivity contribution in [2.75, 3.05) is 20.3 Å². The molecule has 0 rings (SSSR count). The number of hydrazine groups is 1. The summed E-state index contributed by atoms with van der Waals surface area (Å²) in [7, 11) is 1.67. The van der Waals surface area contributed by atoms with E-state index in [1.165, 1.54) is 0 Å². The molecule has 5 heteroatoms. The zero-order chi connectivity index (χ0) is 13.4. The molecule has 0 bridgehead atoms. The van der Waals surface area contributed by atoms with Gasteiger partial charge in [0.05, 0.1) is 12.6 Å². The van der Waals surface area contributed by atoms with Gasteiger partial charge >= 0.3 is 0 Å². The Labute approximate surface area is 105 Å². The summed E-state index contributed by atoms with van der Waals surface area (Å²) in [5, 5.41) is 0. The Hall–Kier alpha value is -0.650. The lowest BCUT2D eigenvalue weighted by Gasteiger charge is -2.36. The summed E-state index contributed by atoms with van der Waals surface area (Å²) in [6, 6.07) is 0.125. The third-order valence-corrected chi connectivity index (χ3v) is 3.11. The Balaban J connectivity index is 4.86. The highest BCUT2D eigenvalue weighted by atomic mass is 16.5. The molecule has 1 amide bonds. The number of carbonyl (C=O) groups excluding carboxylic acids is 1. The van der Waals surface area contributed by atoms with E-state index in [4.69, 9.17) is 10.6 Å². The van der Waals surface area contributed by atoms with Crippen molar-refractivity contribution in [3.05, 3.63) is 0 Å². The predicted molar refractivity (Wildman–Crippen MR) is 69.3 cm³/mol. The molecule has 0 saturated carbocycles. The molecule has 0 aliphatic rings. The Morgan fingerprint density at radius 2 is 2.00 bits per heavy atom. The number of methoxy groups -OCH3 is 1. The Kier molecular flexibility index (Phi) is 8.12. The molecule has 3 N–H and O–H groups in total. The van der Waals surface area contributed by atoms with Crippen LogP contribution in [0.1, 0.15) is 34.1 Å². The van der Waals surface area contributed by atoms with Crippen molar-refractivity contribution in [3.63, 3.8) is 0 Å². The second-order valence-corrected chi connectivity index (χ2v) is 4.69. The molecule has 17 heavy (non-hydrogen) atoms. The highest BCUT2D eigenvalue weighted by Gasteiger charge is 2.30. The molecule has 0 aromatic heterocycles. The van der Waals surface area contributed by atoms with Crippen LogP contribution in [0.5, 0.6) is 0 Å². The van der Waals surface area contributed by atoms with E-state index in [-0.39, 0.29) is 17.9 Å². The van der Waals surface area contributed by atoms with Crippen LogP contribution >= 0.6 is 0 Å². The molecule has 0 saturated heterocycles. The molecule has 0 fully saturated rings. The van der Waals surface area contributed by atoms with Gasteiger partial charge in [-0.3, -0.25) is 15.1 Å². The number of ether oxygens (including phenoxy) is 1. The predicted octanol–water partition coefficient (Wildman–Crippen LogP) is 0.748. The second-order valence-electron chi connectivity index (χ2n) is 4.69. The number of hydrogen-bond donors (Lipinski definition) is 2.